The predicted molar refractivity (Wildman–Crippen MR) is 108 cm³/mol. The van der Waals surface area contributed by atoms with E-state index in [1.807, 2.05) is 11.8 Å². The summed E-state index contributed by atoms with van der Waals surface area (Å²) in [6.45, 7) is 6.12. The van der Waals surface area contributed by atoms with E-state index in [0.717, 1.165) is 19.0 Å². The molecule has 2 heterocycles. The van der Waals surface area contributed by atoms with E-state index in [9.17, 15) is 0 Å². The Kier molecular flexibility index (Phi) is 9.75. The third-order valence-electron chi connectivity index (χ3n) is 3.48. The van der Waals surface area contributed by atoms with Crippen molar-refractivity contribution >= 4 is 53.0 Å². The summed E-state index contributed by atoms with van der Waals surface area (Å²) in [5.74, 6) is 3.96. The molecule has 0 spiro atoms. The zero-order valence-electron chi connectivity index (χ0n) is 12.8. The van der Waals surface area contributed by atoms with Gasteiger partial charge in [-0.25, -0.2) is 0 Å². The number of nitrogens with one attached hydrogen (secondary N) is 2. The molecule has 1 aliphatic rings. The number of thiophene rings is 1. The fraction of sp³-hybridized carbons (Fsp3) is 0.667. The Bertz CT molecular complexity index is 403. The smallest absolute Gasteiger partial charge is 0.191 e. The van der Waals surface area contributed by atoms with Crippen LogP contribution in [0.25, 0.3) is 0 Å². The summed E-state index contributed by atoms with van der Waals surface area (Å²) < 4.78 is 0. The largest absolute Gasteiger partial charge is 0.357 e. The fourth-order valence-corrected chi connectivity index (χ4v) is 4.11. The van der Waals surface area contributed by atoms with E-state index in [1.165, 1.54) is 29.9 Å². The summed E-state index contributed by atoms with van der Waals surface area (Å²) >= 11 is 3.80. The summed E-state index contributed by atoms with van der Waals surface area (Å²) in [4.78, 5) is 4.75. The highest BCUT2D eigenvalue weighted by Gasteiger charge is 2.15. The zero-order valence-corrected chi connectivity index (χ0v) is 16.8. The molecular weight excluding hydrogens is 413 g/mol. The Balaban J connectivity index is 0.00000220. The lowest BCUT2D eigenvalue weighted by Gasteiger charge is -2.24. The number of guanidine groups is 1. The first-order chi connectivity index (χ1) is 9.79. The number of hydrogen-bond acceptors (Lipinski definition) is 3. The van der Waals surface area contributed by atoms with Crippen LogP contribution in [0.5, 0.6) is 0 Å². The number of nitrogens with zero attached hydrogens (tertiary/aromatic N) is 1. The predicted octanol–water partition coefficient (Wildman–Crippen LogP) is 3.92. The molecule has 1 aromatic rings. The first-order valence-electron chi connectivity index (χ1n) is 7.44. The molecule has 1 aliphatic heterocycles. The van der Waals surface area contributed by atoms with E-state index in [4.69, 9.17) is 4.99 Å². The van der Waals surface area contributed by atoms with E-state index in [-0.39, 0.29) is 24.0 Å². The average molecular weight is 439 g/mol. The lowest BCUT2D eigenvalue weighted by Crippen LogP contribution is -2.45. The molecule has 120 valence electrons. The molecule has 0 aromatic carbocycles. The van der Waals surface area contributed by atoms with Gasteiger partial charge >= 0.3 is 0 Å². The van der Waals surface area contributed by atoms with Crippen LogP contribution in [-0.2, 0) is 0 Å². The van der Waals surface area contributed by atoms with E-state index in [1.54, 1.807) is 11.3 Å². The minimum Gasteiger partial charge on any atom is -0.357 e. The molecule has 2 unspecified atom stereocenters. The Morgan fingerprint density at radius 3 is 3.00 bits per heavy atom. The molecule has 21 heavy (non-hydrogen) atoms. The molecule has 0 saturated carbocycles. The number of thioether (sulfide) groups is 1. The van der Waals surface area contributed by atoms with Crippen LogP contribution in [0.3, 0.4) is 0 Å². The quantitative estimate of drug-likeness (QED) is 0.415. The molecular formula is C15H26IN3S2. The van der Waals surface area contributed by atoms with Crippen molar-refractivity contribution in [2.24, 2.45) is 4.99 Å². The van der Waals surface area contributed by atoms with Crippen LogP contribution >= 0.6 is 47.1 Å². The number of hydrogen-bond donors (Lipinski definition) is 2. The Morgan fingerprint density at radius 2 is 2.38 bits per heavy atom. The monoisotopic (exact) mass is 439 g/mol. The second-order valence-electron chi connectivity index (χ2n) is 5.24. The molecule has 2 rings (SSSR count). The van der Waals surface area contributed by atoms with Gasteiger partial charge in [0.2, 0.25) is 0 Å². The lowest BCUT2D eigenvalue weighted by molar-refractivity contribution is 0.581. The number of halogens is 1. The van der Waals surface area contributed by atoms with Gasteiger partial charge in [0, 0.05) is 30.8 Å². The molecule has 1 aromatic heterocycles. The second kappa shape index (κ2) is 10.7. The highest BCUT2D eigenvalue weighted by Crippen LogP contribution is 2.19. The summed E-state index contributed by atoms with van der Waals surface area (Å²) in [7, 11) is 0. The average Bonchev–Trinajstić information content (AvgIpc) is 3.00. The maximum Gasteiger partial charge on any atom is 0.191 e. The summed E-state index contributed by atoms with van der Waals surface area (Å²) in [6.07, 6.45) is 2.57. The molecule has 2 atom stereocenters. The number of aliphatic imine (C=N–C) groups is 1. The highest BCUT2D eigenvalue weighted by atomic mass is 127. The Hall–Kier alpha value is 0.0500. The van der Waals surface area contributed by atoms with Crippen molar-refractivity contribution < 1.29 is 0 Å². The van der Waals surface area contributed by atoms with Crippen molar-refractivity contribution in [1.29, 1.82) is 0 Å². The van der Waals surface area contributed by atoms with Crippen LogP contribution in [-0.4, -0.2) is 36.6 Å². The molecule has 0 aliphatic carbocycles. The first kappa shape index (κ1) is 19.1. The normalized spacial score (nSPS) is 20.5. The summed E-state index contributed by atoms with van der Waals surface area (Å²) in [6, 6.07) is 2.77. The molecule has 0 bridgehead atoms. The second-order valence-corrected chi connectivity index (χ2v) is 7.17. The van der Waals surface area contributed by atoms with Crippen molar-refractivity contribution in [3.63, 3.8) is 0 Å². The van der Waals surface area contributed by atoms with Gasteiger partial charge in [0.05, 0.1) is 0 Å². The van der Waals surface area contributed by atoms with Gasteiger partial charge in [0.25, 0.3) is 0 Å². The number of rotatable bonds is 5. The van der Waals surface area contributed by atoms with E-state index in [0.29, 0.717) is 12.0 Å². The van der Waals surface area contributed by atoms with E-state index in [2.05, 4.69) is 41.3 Å². The summed E-state index contributed by atoms with van der Waals surface area (Å²) in [5.41, 5.74) is 1.39. The van der Waals surface area contributed by atoms with Crippen molar-refractivity contribution in [1.82, 2.24) is 10.6 Å². The van der Waals surface area contributed by atoms with Gasteiger partial charge in [0.15, 0.2) is 5.96 Å². The minimum atomic E-state index is 0. The van der Waals surface area contributed by atoms with Gasteiger partial charge in [-0.05, 0) is 47.9 Å². The van der Waals surface area contributed by atoms with E-state index < -0.39 is 0 Å². The maximum atomic E-state index is 4.75. The first-order valence-corrected chi connectivity index (χ1v) is 9.54. The molecule has 0 amide bonds. The third kappa shape index (κ3) is 6.78. The van der Waals surface area contributed by atoms with Gasteiger partial charge < -0.3 is 10.6 Å². The van der Waals surface area contributed by atoms with Gasteiger partial charge in [-0.1, -0.05) is 6.92 Å². The highest BCUT2D eigenvalue weighted by molar-refractivity contribution is 14.0. The van der Waals surface area contributed by atoms with Crippen LogP contribution in [0.15, 0.2) is 21.8 Å². The Labute approximate surface area is 153 Å². The van der Waals surface area contributed by atoms with Crippen molar-refractivity contribution in [2.75, 3.05) is 24.6 Å². The van der Waals surface area contributed by atoms with Crippen LogP contribution in [0.4, 0.5) is 0 Å². The Morgan fingerprint density at radius 1 is 1.52 bits per heavy atom. The van der Waals surface area contributed by atoms with Crippen LogP contribution in [0, 0.1) is 0 Å². The molecule has 0 radical (unpaired) electrons. The molecule has 3 nitrogen and oxygen atoms in total. The van der Waals surface area contributed by atoms with Crippen molar-refractivity contribution in [3.8, 4) is 0 Å². The summed E-state index contributed by atoms with van der Waals surface area (Å²) in [5, 5.41) is 11.3. The maximum absolute atomic E-state index is 4.75. The van der Waals surface area contributed by atoms with Crippen LogP contribution < -0.4 is 10.6 Å². The fourth-order valence-electron chi connectivity index (χ4n) is 2.26. The van der Waals surface area contributed by atoms with Gasteiger partial charge in [-0.3, -0.25) is 4.99 Å². The molecule has 2 N–H and O–H groups in total. The van der Waals surface area contributed by atoms with Gasteiger partial charge in [-0.15, -0.1) is 24.0 Å². The SMILES string of the molecule is CCNC(=NCC(C)c1ccsc1)NC1CCCSC1.I. The standard InChI is InChI=1S/C15H25N3S2.HI/c1-3-16-15(18-14-5-4-7-19-11-14)17-9-12(2)13-6-8-20-10-13;/h6,8,10,12,14H,3-5,7,9,11H2,1-2H3,(H2,16,17,18);1H. The topological polar surface area (TPSA) is 36.4 Å². The molecule has 1 fully saturated rings. The van der Waals surface area contributed by atoms with E-state index >= 15 is 0 Å². The van der Waals surface area contributed by atoms with Crippen molar-refractivity contribution in [3.05, 3.63) is 22.4 Å². The van der Waals surface area contributed by atoms with Crippen LogP contribution in [0.2, 0.25) is 0 Å². The zero-order chi connectivity index (χ0) is 14.2. The lowest BCUT2D eigenvalue weighted by atomic mass is 10.1. The van der Waals surface area contributed by atoms with Crippen LogP contribution in [0.1, 0.15) is 38.2 Å². The minimum absolute atomic E-state index is 0. The van der Waals surface area contributed by atoms with Gasteiger partial charge in [0.1, 0.15) is 0 Å². The molecule has 6 heteroatoms. The third-order valence-corrected chi connectivity index (χ3v) is 5.40. The molecule has 1 saturated heterocycles. The van der Waals surface area contributed by atoms with Gasteiger partial charge in [-0.2, -0.15) is 23.1 Å². The van der Waals surface area contributed by atoms with Crippen molar-refractivity contribution in [2.45, 2.75) is 38.6 Å².